The summed E-state index contributed by atoms with van der Waals surface area (Å²) in [5, 5.41) is 4.99. The van der Waals surface area contributed by atoms with Crippen LogP contribution in [0.4, 0.5) is 10.5 Å². The number of para-hydroxylation sites is 1. The summed E-state index contributed by atoms with van der Waals surface area (Å²) in [6.07, 6.45) is 3.82. The van der Waals surface area contributed by atoms with Crippen LogP contribution in [0.15, 0.2) is 53.5 Å². The fraction of sp³-hybridized carbons (Fsp3) is 0.320. The van der Waals surface area contributed by atoms with Gasteiger partial charge in [-0.1, -0.05) is 12.1 Å². The number of imidazole rings is 1. The molecular weight excluding hydrogens is 480 g/mol. The molecule has 3 amide bonds. The molecule has 0 saturated heterocycles. The summed E-state index contributed by atoms with van der Waals surface area (Å²) in [5.41, 5.74) is 6.06. The van der Waals surface area contributed by atoms with Gasteiger partial charge in [-0.15, -0.1) is 0 Å². The fourth-order valence-electron chi connectivity index (χ4n) is 3.55. The summed E-state index contributed by atoms with van der Waals surface area (Å²) in [4.78, 5) is 56.3. The highest BCUT2D eigenvalue weighted by atomic mass is 16.5. The van der Waals surface area contributed by atoms with Crippen LogP contribution < -0.4 is 26.7 Å². The highest BCUT2D eigenvalue weighted by molar-refractivity contribution is 5.96. The van der Waals surface area contributed by atoms with Gasteiger partial charge in [-0.05, 0) is 57.0 Å². The van der Waals surface area contributed by atoms with Crippen molar-refractivity contribution in [3.05, 3.63) is 64.9 Å². The second-order valence-corrected chi connectivity index (χ2v) is 8.42. The number of allylic oxidation sites excluding steroid dienone is 1. The number of methoxy groups -OCH3 is 1. The number of carbonyl (C=O) groups excluding carboxylic acids is 3. The van der Waals surface area contributed by atoms with Crippen molar-refractivity contribution in [2.75, 3.05) is 12.4 Å². The number of hydrogen-bond donors (Lipinski definition) is 4. The molecule has 12 nitrogen and oxygen atoms in total. The number of benzene rings is 1. The number of nitrogens with one attached hydrogen (secondary N) is 3. The third-order valence-corrected chi connectivity index (χ3v) is 5.18. The highest BCUT2D eigenvalue weighted by Gasteiger charge is 2.22. The number of nitrogens with zero attached hydrogens (tertiary/aromatic N) is 2. The number of H-pyrrole nitrogens is 1. The Bertz CT molecular complexity index is 1360. The van der Waals surface area contributed by atoms with E-state index in [-0.39, 0.29) is 31.2 Å². The van der Waals surface area contributed by atoms with Gasteiger partial charge in [0.15, 0.2) is 0 Å². The van der Waals surface area contributed by atoms with Crippen LogP contribution in [0.2, 0.25) is 0 Å². The third-order valence-electron chi connectivity index (χ3n) is 5.18. The maximum absolute atomic E-state index is 13.1. The number of nitrogens with two attached hydrogens (primary N) is 1. The number of primary amides is 1. The van der Waals surface area contributed by atoms with E-state index in [2.05, 4.69) is 25.3 Å². The Labute approximate surface area is 212 Å². The van der Waals surface area contributed by atoms with E-state index in [4.69, 9.17) is 10.5 Å². The van der Waals surface area contributed by atoms with Gasteiger partial charge < -0.3 is 35.4 Å². The van der Waals surface area contributed by atoms with E-state index in [1.54, 1.807) is 12.3 Å². The van der Waals surface area contributed by atoms with Crippen molar-refractivity contribution < 1.29 is 23.9 Å². The van der Waals surface area contributed by atoms with Crippen LogP contribution >= 0.6 is 0 Å². The van der Waals surface area contributed by atoms with Gasteiger partial charge in [-0.2, -0.15) is 0 Å². The summed E-state index contributed by atoms with van der Waals surface area (Å²) >= 11 is 0. The van der Waals surface area contributed by atoms with Crippen molar-refractivity contribution in [1.29, 1.82) is 0 Å². The molecule has 196 valence electrons. The first-order chi connectivity index (χ1) is 17.7. The van der Waals surface area contributed by atoms with E-state index >= 15 is 0 Å². The van der Waals surface area contributed by atoms with Crippen LogP contribution in [0.5, 0.6) is 5.75 Å². The fourth-order valence-corrected chi connectivity index (χ4v) is 3.55. The number of fused-ring (bicyclic) bond motifs is 1. The van der Waals surface area contributed by atoms with Crippen LogP contribution in [-0.4, -0.2) is 51.7 Å². The van der Waals surface area contributed by atoms with Gasteiger partial charge in [0, 0.05) is 6.20 Å². The number of alkyl carbamates (subject to hydrolysis) is 1. The quantitative estimate of drug-likeness (QED) is 0.286. The van der Waals surface area contributed by atoms with E-state index in [1.165, 1.54) is 29.9 Å². The molecule has 37 heavy (non-hydrogen) atoms. The van der Waals surface area contributed by atoms with Gasteiger partial charge in [-0.25, -0.2) is 9.78 Å². The van der Waals surface area contributed by atoms with Crippen molar-refractivity contribution in [3.63, 3.8) is 0 Å². The van der Waals surface area contributed by atoms with Crippen molar-refractivity contribution in [3.8, 4) is 5.75 Å². The minimum absolute atomic E-state index is 0.0228. The zero-order valence-electron chi connectivity index (χ0n) is 20.8. The number of ether oxygens (including phenoxy) is 2. The molecule has 0 aliphatic heterocycles. The Morgan fingerprint density at radius 3 is 2.70 bits per heavy atom. The number of rotatable bonds is 11. The lowest BCUT2D eigenvalue weighted by atomic mass is 10.1. The standard InChI is InChI=1S/C25H30N6O6/c1-15(2)37-19-11-6-9-16-22(19)30-21(27-16)14-31-13-7-10-18(24(31)34)28-23(33)17(29-25(35)36-3)8-4-5-12-20(26)32/h5-7,9-13,15,17H,4,8,14H2,1-3H3,(H2,26,32)(H,27,30)(H,28,33)(H,29,35)/b12-5+. The maximum Gasteiger partial charge on any atom is 0.407 e. The van der Waals surface area contributed by atoms with Gasteiger partial charge >= 0.3 is 6.09 Å². The third kappa shape index (κ3) is 7.43. The second kappa shape index (κ2) is 12.4. The lowest BCUT2D eigenvalue weighted by Gasteiger charge is -2.17. The van der Waals surface area contributed by atoms with Gasteiger partial charge in [0.1, 0.15) is 28.8 Å². The van der Waals surface area contributed by atoms with Crippen LogP contribution in [0.25, 0.3) is 11.0 Å². The predicted octanol–water partition coefficient (Wildman–Crippen LogP) is 2.04. The number of aromatic amines is 1. The molecule has 3 rings (SSSR count). The maximum atomic E-state index is 13.1. The van der Waals surface area contributed by atoms with Crippen LogP contribution in [0.1, 0.15) is 32.5 Å². The Hall–Kier alpha value is -4.61. The van der Waals surface area contributed by atoms with E-state index in [0.717, 1.165) is 5.52 Å². The van der Waals surface area contributed by atoms with E-state index in [1.807, 2.05) is 32.0 Å². The van der Waals surface area contributed by atoms with Crippen molar-refractivity contribution in [2.45, 2.75) is 45.4 Å². The molecule has 0 aliphatic carbocycles. The average molecular weight is 511 g/mol. The zero-order valence-corrected chi connectivity index (χ0v) is 20.8. The minimum Gasteiger partial charge on any atom is -0.489 e. The monoisotopic (exact) mass is 510 g/mol. The molecule has 0 fully saturated rings. The van der Waals surface area contributed by atoms with Crippen LogP contribution in [0.3, 0.4) is 0 Å². The highest BCUT2D eigenvalue weighted by Crippen LogP contribution is 2.24. The largest absolute Gasteiger partial charge is 0.489 e. The van der Waals surface area contributed by atoms with Gasteiger partial charge in [-0.3, -0.25) is 14.4 Å². The molecule has 1 aromatic carbocycles. The summed E-state index contributed by atoms with van der Waals surface area (Å²) < 4.78 is 11.8. The van der Waals surface area contributed by atoms with Gasteiger partial charge in [0.25, 0.3) is 5.56 Å². The lowest BCUT2D eigenvalue weighted by Crippen LogP contribution is -2.44. The van der Waals surface area contributed by atoms with Crippen LogP contribution in [-0.2, 0) is 20.9 Å². The molecule has 12 heteroatoms. The first-order valence-electron chi connectivity index (χ1n) is 11.6. The number of aromatic nitrogens is 3. The molecular formula is C25H30N6O6. The number of amides is 3. The number of pyridine rings is 1. The van der Waals surface area contributed by atoms with Crippen LogP contribution in [0, 0.1) is 0 Å². The molecule has 3 aromatic rings. The topological polar surface area (TPSA) is 170 Å². The average Bonchev–Trinajstić information content (AvgIpc) is 3.26. The normalized spacial score (nSPS) is 12.0. The predicted molar refractivity (Wildman–Crippen MR) is 137 cm³/mol. The molecule has 0 saturated carbocycles. The first kappa shape index (κ1) is 27.0. The van der Waals surface area contributed by atoms with Crippen molar-refractivity contribution >= 4 is 34.6 Å². The molecule has 2 heterocycles. The van der Waals surface area contributed by atoms with Gasteiger partial charge in [0.2, 0.25) is 11.8 Å². The molecule has 2 aromatic heterocycles. The molecule has 0 spiro atoms. The van der Waals surface area contributed by atoms with E-state index < -0.39 is 29.5 Å². The molecule has 0 bridgehead atoms. The Morgan fingerprint density at radius 1 is 1.22 bits per heavy atom. The Balaban J connectivity index is 1.78. The van der Waals surface area contributed by atoms with Crippen molar-refractivity contribution in [2.24, 2.45) is 5.73 Å². The molecule has 0 radical (unpaired) electrons. The molecule has 0 aliphatic rings. The zero-order chi connectivity index (χ0) is 26.9. The number of anilines is 1. The van der Waals surface area contributed by atoms with Gasteiger partial charge in [0.05, 0.1) is 25.3 Å². The molecule has 1 atom stereocenters. The minimum atomic E-state index is -1.02. The van der Waals surface area contributed by atoms with Crippen molar-refractivity contribution in [1.82, 2.24) is 19.9 Å². The second-order valence-electron chi connectivity index (χ2n) is 8.42. The Morgan fingerprint density at radius 2 is 2.00 bits per heavy atom. The Kier molecular flexibility index (Phi) is 9.03. The SMILES string of the molecule is COC(=O)NC(CC/C=C/C(N)=O)C(=O)Nc1cccn(Cc2nc3c(OC(C)C)cccc3[nH]2)c1=O. The lowest BCUT2D eigenvalue weighted by molar-refractivity contribution is -0.118. The smallest absolute Gasteiger partial charge is 0.407 e. The summed E-state index contributed by atoms with van der Waals surface area (Å²) in [6, 6.07) is 7.61. The molecule has 5 N–H and O–H groups in total. The summed E-state index contributed by atoms with van der Waals surface area (Å²) in [6.45, 7) is 3.98. The summed E-state index contributed by atoms with van der Waals surface area (Å²) in [5.74, 6) is -0.0723. The number of carbonyl (C=O) groups is 3. The number of hydrogen-bond acceptors (Lipinski definition) is 7. The first-order valence-corrected chi connectivity index (χ1v) is 11.6. The van der Waals surface area contributed by atoms with E-state index in [0.29, 0.717) is 17.1 Å². The summed E-state index contributed by atoms with van der Waals surface area (Å²) in [7, 11) is 1.17. The molecule has 1 unspecified atom stereocenters. The van der Waals surface area contributed by atoms with E-state index in [9.17, 15) is 19.2 Å².